The third kappa shape index (κ3) is 2.87. The van der Waals surface area contributed by atoms with E-state index in [2.05, 4.69) is 18.0 Å². The van der Waals surface area contributed by atoms with Crippen LogP contribution in [0.1, 0.15) is 63.4 Å². The summed E-state index contributed by atoms with van der Waals surface area (Å²) in [4.78, 5) is 44.0. The number of fused-ring (bicyclic) bond motifs is 3. The number of nitrogens with zero attached hydrogens (tertiary/aromatic N) is 1. The van der Waals surface area contributed by atoms with Crippen molar-refractivity contribution in [3.63, 3.8) is 0 Å². The van der Waals surface area contributed by atoms with Crippen molar-refractivity contribution in [1.29, 1.82) is 0 Å². The average molecular weight is 502 g/mol. The molecule has 2 aromatic rings. The number of benzene rings is 1. The van der Waals surface area contributed by atoms with Gasteiger partial charge in [0.1, 0.15) is 11.7 Å². The van der Waals surface area contributed by atoms with Crippen LogP contribution in [-0.4, -0.2) is 34.9 Å². The molecule has 1 aromatic carbocycles. The molecule has 1 N–H and O–H groups in total. The second-order valence-electron chi connectivity index (χ2n) is 12.3. The summed E-state index contributed by atoms with van der Waals surface area (Å²) in [6, 6.07) is 9.42. The monoisotopic (exact) mass is 501 g/mol. The Bertz CT molecular complexity index is 1330. The van der Waals surface area contributed by atoms with Gasteiger partial charge in [0.05, 0.1) is 12.0 Å². The summed E-state index contributed by atoms with van der Waals surface area (Å²) in [7, 11) is 0. The number of ether oxygens (including phenoxy) is 1. The number of allylic oxidation sites excluding steroid dienone is 1. The van der Waals surface area contributed by atoms with Crippen LogP contribution >= 0.6 is 0 Å². The van der Waals surface area contributed by atoms with Gasteiger partial charge in [0, 0.05) is 17.0 Å². The standard InChI is InChI=1S/C31H35NO5/c1-18(2)25-14-21-15-30(17-33)24-9-8-19(3)23(24)16-29(21,31(25,30)28(35)36)11-13-37-27(34)26-22-7-5-4-6-20(22)10-12-32-26/h4-7,10,12,14,17-19,21,23-24H,8-9,11,13,15-16H2,1-3H3,(H,35,36)/t19-,21?,23?,24?,29?,30?,31?/m1/s1. The van der Waals surface area contributed by atoms with Gasteiger partial charge in [0.25, 0.3) is 0 Å². The van der Waals surface area contributed by atoms with E-state index in [9.17, 15) is 19.5 Å². The molecule has 4 aliphatic rings. The highest BCUT2D eigenvalue weighted by molar-refractivity contribution is 6.02. The summed E-state index contributed by atoms with van der Waals surface area (Å²) in [5.74, 6) is -0.477. The van der Waals surface area contributed by atoms with Crippen molar-refractivity contribution in [2.75, 3.05) is 6.61 Å². The van der Waals surface area contributed by atoms with Gasteiger partial charge in [-0.3, -0.25) is 4.79 Å². The van der Waals surface area contributed by atoms with Crippen molar-refractivity contribution in [2.24, 2.45) is 45.8 Å². The maximum absolute atomic E-state index is 13.5. The van der Waals surface area contributed by atoms with Gasteiger partial charge < -0.3 is 14.6 Å². The first-order valence-electron chi connectivity index (χ1n) is 13.7. The molecule has 194 valence electrons. The zero-order chi connectivity index (χ0) is 26.2. The summed E-state index contributed by atoms with van der Waals surface area (Å²) in [5.41, 5.74) is -1.59. The van der Waals surface area contributed by atoms with Gasteiger partial charge >= 0.3 is 11.9 Å². The van der Waals surface area contributed by atoms with Crippen LogP contribution in [0.2, 0.25) is 0 Å². The molecular weight excluding hydrogens is 466 g/mol. The topological polar surface area (TPSA) is 93.6 Å². The minimum absolute atomic E-state index is 0.00150. The first-order chi connectivity index (χ1) is 17.7. The molecule has 0 spiro atoms. The summed E-state index contributed by atoms with van der Waals surface area (Å²) < 4.78 is 5.83. The fourth-order valence-corrected chi connectivity index (χ4v) is 9.51. The summed E-state index contributed by atoms with van der Waals surface area (Å²) in [6.07, 6.45) is 8.55. The van der Waals surface area contributed by atoms with Gasteiger partial charge in [-0.15, -0.1) is 0 Å². The fourth-order valence-electron chi connectivity index (χ4n) is 9.51. The van der Waals surface area contributed by atoms with Crippen molar-refractivity contribution in [3.8, 4) is 0 Å². The van der Waals surface area contributed by atoms with Crippen LogP contribution in [0, 0.1) is 45.8 Å². The lowest BCUT2D eigenvalue weighted by Gasteiger charge is -2.58. The van der Waals surface area contributed by atoms with Crippen LogP contribution in [0.4, 0.5) is 0 Å². The van der Waals surface area contributed by atoms with Crippen LogP contribution in [-0.2, 0) is 14.3 Å². The number of aliphatic carboxylic acids is 1. The van der Waals surface area contributed by atoms with Crippen LogP contribution in [0.15, 0.2) is 48.2 Å². The molecule has 0 aliphatic heterocycles. The van der Waals surface area contributed by atoms with E-state index >= 15 is 0 Å². The number of carboxylic acid groups (broad SMARTS) is 1. The second-order valence-corrected chi connectivity index (χ2v) is 12.3. The zero-order valence-corrected chi connectivity index (χ0v) is 21.8. The Balaban J connectivity index is 1.37. The number of hydrogen-bond donors (Lipinski definition) is 1. The van der Waals surface area contributed by atoms with E-state index in [0.29, 0.717) is 24.7 Å². The molecule has 6 heteroatoms. The highest BCUT2D eigenvalue weighted by Crippen LogP contribution is 2.83. The molecular formula is C31H35NO5. The number of rotatable bonds is 7. The summed E-state index contributed by atoms with van der Waals surface area (Å²) in [6.45, 7) is 6.44. The lowest BCUT2D eigenvalue weighted by molar-refractivity contribution is -0.181. The molecule has 0 radical (unpaired) electrons. The van der Waals surface area contributed by atoms with Gasteiger partial charge in [-0.25, -0.2) is 9.78 Å². The highest BCUT2D eigenvalue weighted by Gasteiger charge is 2.83. The number of carboxylic acids is 1. The number of esters is 1. The van der Waals surface area contributed by atoms with E-state index < -0.39 is 28.2 Å². The first-order valence-corrected chi connectivity index (χ1v) is 13.7. The molecule has 0 amide bonds. The maximum atomic E-state index is 13.5. The van der Waals surface area contributed by atoms with E-state index in [4.69, 9.17) is 4.74 Å². The Labute approximate surface area is 217 Å². The van der Waals surface area contributed by atoms with Crippen molar-refractivity contribution < 1.29 is 24.2 Å². The van der Waals surface area contributed by atoms with Crippen LogP contribution in [0.5, 0.6) is 0 Å². The van der Waals surface area contributed by atoms with Crippen molar-refractivity contribution in [2.45, 2.75) is 52.9 Å². The van der Waals surface area contributed by atoms with Crippen LogP contribution in [0.3, 0.4) is 0 Å². The molecule has 6 nitrogen and oxygen atoms in total. The zero-order valence-electron chi connectivity index (χ0n) is 21.8. The summed E-state index contributed by atoms with van der Waals surface area (Å²) >= 11 is 0. The fraction of sp³-hybridized carbons (Fsp3) is 0.548. The first kappa shape index (κ1) is 24.3. The predicted octanol–water partition coefficient (Wildman–Crippen LogP) is 5.71. The number of hydrogen-bond acceptors (Lipinski definition) is 5. The molecule has 6 unspecified atom stereocenters. The van der Waals surface area contributed by atoms with Crippen LogP contribution < -0.4 is 0 Å². The molecule has 3 fully saturated rings. The van der Waals surface area contributed by atoms with E-state index in [0.717, 1.165) is 41.9 Å². The Hall–Kier alpha value is -3.02. The highest BCUT2D eigenvalue weighted by atomic mass is 16.5. The normalized spacial score (nSPS) is 37.5. The molecule has 4 aliphatic carbocycles. The number of carbonyl (C=O) groups is 3. The number of aromatic nitrogens is 1. The van der Waals surface area contributed by atoms with E-state index in [1.807, 2.05) is 44.2 Å². The number of carbonyl (C=O) groups excluding carboxylic acids is 2. The third-order valence-electron chi connectivity index (χ3n) is 10.8. The Kier molecular flexibility index (Phi) is 5.42. The minimum atomic E-state index is -1.24. The molecule has 37 heavy (non-hydrogen) atoms. The van der Waals surface area contributed by atoms with E-state index in [-0.39, 0.29) is 30.1 Å². The molecule has 4 bridgehead atoms. The van der Waals surface area contributed by atoms with Gasteiger partial charge in [0.15, 0.2) is 5.69 Å². The van der Waals surface area contributed by atoms with Crippen molar-refractivity contribution in [3.05, 3.63) is 53.9 Å². The van der Waals surface area contributed by atoms with Crippen LogP contribution in [0.25, 0.3) is 10.8 Å². The van der Waals surface area contributed by atoms with Gasteiger partial charge in [-0.05, 0) is 66.7 Å². The lowest BCUT2D eigenvalue weighted by atomic mass is 9.42. The van der Waals surface area contributed by atoms with Gasteiger partial charge in [0.2, 0.25) is 0 Å². The smallest absolute Gasteiger partial charge is 0.357 e. The van der Waals surface area contributed by atoms with Gasteiger partial charge in [-0.1, -0.05) is 63.1 Å². The molecule has 3 saturated carbocycles. The predicted molar refractivity (Wildman–Crippen MR) is 139 cm³/mol. The maximum Gasteiger partial charge on any atom is 0.357 e. The Morgan fingerprint density at radius 1 is 1.19 bits per heavy atom. The minimum Gasteiger partial charge on any atom is -0.481 e. The second kappa shape index (κ2) is 8.24. The Morgan fingerprint density at radius 3 is 2.70 bits per heavy atom. The third-order valence-corrected chi connectivity index (χ3v) is 10.8. The molecule has 1 aromatic heterocycles. The molecule has 7 atom stereocenters. The van der Waals surface area contributed by atoms with E-state index in [1.165, 1.54) is 0 Å². The molecule has 1 heterocycles. The Morgan fingerprint density at radius 2 is 1.97 bits per heavy atom. The molecule has 0 saturated heterocycles. The number of pyridine rings is 1. The largest absolute Gasteiger partial charge is 0.481 e. The van der Waals surface area contributed by atoms with Gasteiger partial charge in [-0.2, -0.15) is 0 Å². The quantitative estimate of drug-likeness (QED) is 0.297. The lowest BCUT2D eigenvalue weighted by Crippen LogP contribution is -2.62. The molecule has 6 rings (SSSR count). The number of aldehydes is 1. The van der Waals surface area contributed by atoms with Crippen molar-refractivity contribution in [1.82, 2.24) is 4.98 Å². The summed E-state index contributed by atoms with van der Waals surface area (Å²) in [5, 5.41) is 12.7. The van der Waals surface area contributed by atoms with E-state index in [1.54, 1.807) is 6.20 Å². The SMILES string of the molecule is CC(C)C1=CC2CC3(C=O)C4CC[C@@H](C)C4CC2(CCOC(=O)c2nccc4ccccc24)C13C(=O)O. The van der Waals surface area contributed by atoms with Crippen molar-refractivity contribution >= 4 is 29.0 Å². The average Bonchev–Trinajstić information content (AvgIpc) is 3.45.